The van der Waals surface area contributed by atoms with E-state index in [9.17, 15) is 23.2 Å². The second kappa shape index (κ2) is 9.93. The smallest absolute Gasteiger partial charge is 0.418 e. The predicted octanol–water partition coefficient (Wildman–Crippen LogP) is 5.39. The zero-order valence-electron chi connectivity index (χ0n) is 18.8. The number of alkyl halides is 3. The van der Waals surface area contributed by atoms with E-state index >= 15 is 0 Å². The lowest BCUT2D eigenvalue weighted by atomic mass is 10.1. The van der Waals surface area contributed by atoms with Crippen molar-refractivity contribution in [2.45, 2.75) is 13.1 Å². The Kier molecular flexibility index (Phi) is 6.78. The van der Waals surface area contributed by atoms with Gasteiger partial charge in [-0.2, -0.15) is 18.4 Å². The molecule has 10 heteroatoms. The van der Waals surface area contributed by atoms with Gasteiger partial charge in [0.25, 0.3) is 0 Å². The quantitative estimate of drug-likeness (QED) is 0.540. The van der Waals surface area contributed by atoms with Gasteiger partial charge in [-0.1, -0.05) is 12.1 Å². The molecule has 2 heterocycles. The summed E-state index contributed by atoms with van der Waals surface area (Å²) in [4.78, 5) is 20.5. The first-order chi connectivity index (χ1) is 16.8. The number of hydrogen-bond donors (Lipinski definition) is 1. The van der Waals surface area contributed by atoms with Crippen LogP contribution in [-0.2, 0) is 6.18 Å². The number of nitriles is 1. The second-order valence-electron chi connectivity index (χ2n) is 7.76. The molecular formula is C25H22F3N5O2. The van der Waals surface area contributed by atoms with Crippen LogP contribution in [0.4, 0.5) is 29.5 Å². The highest BCUT2D eigenvalue weighted by Crippen LogP contribution is 2.34. The summed E-state index contributed by atoms with van der Waals surface area (Å²) in [6.07, 6.45) is -1.37. The summed E-state index contributed by atoms with van der Waals surface area (Å²) in [7, 11) is 0. The number of amides is 2. The molecule has 1 aromatic heterocycles. The lowest BCUT2D eigenvalue weighted by Gasteiger charge is -2.24. The molecule has 2 aromatic carbocycles. The zero-order chi connectivity index (χ0) is 25.0. The summed E-state index contributed by atoms with van der Waals surface area (Å²) in [6.45, 7) is 3.29. The van der Waals surface area contributed by atoms with Crippen molar-refractivity contribution in [3.8, 4) is 11.8 Å². The fourth-order valence-electron chi connectivity index (χ4n) is 3.81. The van der Waals surface area contributed by atoms with E-state index < -0.39 is 17.8 Å². The molecule has 0 aliphatic carbocycles. The second-order valence-corrected chi connectivity index (χ2v) is 7.76. The number of ether oxygens (including phenoxy) is 1. The van der Waals surface area contributed by atoms with Crippen LogP contribution in [0.5, 0.6) is 5.75 Å². The molecule has 1 aliphatic rings. The Morgan fingerprint density at radius 2 is 2.00 bits per heavy atom. The summed E-state index contributed by atoms with van der Waals surface area (Å²) >= 11 is 0. The van der Waals surface area contributed by atoms with E-state index in [1.165, 1.54) is 29.3 Å². The van der Waals surface area contributed by atoms with Crippen LogP contribution in [0, 0.1) is 11.3 Å². The number of fused-ring (bicyclic) bond motifs is 1. The molecule has 0 spiro atoms. The van der Waals surface area contributed by atoms with E-state index in [-0.39, 0.29) is 12.2 Å². The third-order valence-electron chi connectivity index (χ3n) is 5.45. The maximum absolute atomic E-state index is 13.3. The zero-order valence-corrected chi connectivity index (χ0v) is 18.8. The van der Waals surface area contributed by atoms with Gasteiger partial charge in [0.15, 0.2) is 0 Å². The molecule has 35 heavy (non-hydrogen) atoms. The Hall–Kier alpha value is -4.26. The van der Waals surface area contributed by atoms with Crippen molar-refractivity contribution in [2.24, 2.45) is 0 Å². The summed E-state index contributed by atoms with van der Waals surface area (Å²) in [5, 5.41) is 12.8. The largest absolute Gasteiger partial charge is 0.494 e. The minimum Gasteiger partial charge on any atom is -0.494 e. The molecule has 0 fully saturated rings. The number of para-hydroxylation sites is 1. The molecule has 0 unspecified atom stereocenters. The molecule has 180 valence electrons. The third-order valence-corrected chi connectivity index (χ3v) is 5.45. The van der Waals surface area contributed by atoms with Crippen LogP contribution in [0.1, 0.15) is 18.1 Å². The van der Waals surface area contributed by atoms with Gasteiger partial charge in [0, 0.05) is 31.2 Å². The number of carbonyl (C=O) groups excluding carboxylic acids is 1. The van der Waals surface area contributed by atoms with Crippen LogP contribution >= 0.6 is 0 Å². The van der Waals surface area contributed by atoms with Gasteiger partial charge in [-0.25, -0.2) is 9.78 Å². The molecule has 1 N–H and O–H groups in total. The van der Waals surface area contributed by atoms with Gasteiger partial charge >= 0.3 is 12.2 Å². The van der Waals surface area contributed by atoms with Crippen LogP contribution in [0.25, 0.3) is 10.9 Å². The number of pyridine rings is 1. The number of aromatic nitrogens is 1. The van der Waals surface area contributed by atoms with Crippen molar-refractivity contribution in [1.82, 2.24) is 9.88 Å². The van der Waals surface area contributed by atoms with E-state index in [1.54, 1.807) is 12.1 Å². The van der Waals surface area contributed by atoms with Gasteiger partial charge in [-0.15, -0.1) is 0 Å². The maximum atomic E-state index is 13.3. The number of urea groups is 1. The highest BCUT2D eigenvalue weighted by Gasteiger charge is 2.34. The fraction of sp³-hybridized carbons (Fsp3) is 0.240. The molecule has 0 radical (unpaired) electrons. The third kappa shape index (κ3) is 5.30. The number of benzene rings is 2. The minimum atomic E-state index is -4.59. The Bertz CT molecular complexity index is 1320. The van der Waals surface area contributed by atoms with Crippen molar-refractivity contribution in [3.63, 3.8) is 0 Å². The molecule has 2 amide bonds. The Morgan fingerprint density at radius 3 is 2.74 bits per heavy atom. The van der Waals surface area contributed by atoms with Crippen LogP contribution in [-0.4, -0.2) is 42.2 Å². The van der Waals surface area contributed by atoms with Crippen molar-refractivity contribution < 1.29 is 22.7 Å². The fourth-order valence-corrected chi connectivity index (χ4v) is 3.81. The number of carbonyl (C=O) groups is 1. The van der Waals surface area contributed by atoms with Crippen LogP contribution in [0.2, 0.25) is 0 Å². The SMILES string of the molecule is CCOc1ccc2nc(N3CC=CN(C(=O)Nc4ccccc4C(F)(F)F)CC3)c(C#N)cc2c1. The molecule has 1 aliphatic heterocycles. The molecule has 0 bridgehead atoms. The first-order valence-corrected chi connectivity index (χ1v) is 10.9. The molecule has 0 saturated heterocycles. The number of halogens is 3. The van der Waals surface area contributed by atoms with E-state index in [0.717, 1.165) is 11.5 Å². The summed E-state index contributed by atoms with van der Waals surface area (Å²) < 4.78 is 45.3. The van der Waals surface area contributed by atoms with Gasteiger partial charge in [-0.05, 0) is 49.4 Å². The Morgan fingerprint density at radius 1 is 1.20 bits per heavy atom. The number of nitrogens with zero attached hydrogens (tertiary/aromatic N) is 4. The monoisotopic (exact) mass is 481 g/mol. The Balaban J connectivity index is 1.52. The molecule has 0 atom stereocenters. The van der Waals surface area contributed by atoms with Gasteiger partial charge in [0.2, 0.25) is 0 Å². The molecule has 3 aromatic rings. The predicted molar refractivity (Wildman–Crippen MR) is 126 cm³/mol. The average molecular weight is 481 g/mol. The first kappa shape index (κ1) is 23.9. The minimum absolute atomic E-state index is 0.185. The first-order valence-electron chi connectivity index (χ1n) is 10.9. The number of nitrogens with one attached hydrogen (secondary N) is 1. The van der Waals surface area contributed by atoms with Gasteiger partial charge in [0.1, 0.15) is 17.6 Å². The standard InChI is InChI=1S/C25H22F3N5O2/c1-2-35-19-8-9-21-17(15-19)14-18(16-29)23(30-21)32-10-5-11-33(13-12-32)24(34)31-22-7-4-3-6-20(22)25(26,27)28/h3-9,11,14-15H,2,10,12-13H2,1H3,(H,31,34). The van der Waals surface area contributed by atoms with Crippen molar-refractivity contribution in [2.75, 3.05) is 36.5 Å². The molecule has 4 rings (SSSR count). The topological polar surface area (TPSA) is 81.5 Å². The van der Waals surface area contributed by atoms with Crippen LogP contribution in [0.15, 0.2) is 60.8 Å². The molecule has 7 nitrogen and oxygen atoms in total. The normalized spacial score (nSPS) is 13.9. The van der Waals surface area contributed by atoms with E-state index in [2.05, 4.69) is 16.4 Å². The average Bonchev–Trinajstić information content (AvgIpc) is 3.09. The lowest BCUT2D eigenvalue weighted by Crippen LogP contribution is -2.36. The highest BCUT2D eigenvalue weighted by molar-refractivity contribution is 5.91. The molecule has 0 saturated carbocycles. The maximum Gasteiger partial charge on any atom is 0.418 e. The Labute approximate surface area is 200 Å². The highest BCUT2D eigenvalue weighted by atomic mass is 19.4. The molecular weight excluding hydrogens is 459 g/mol. The van der Waals surface area contributed by atoms with Crippen molar-refractivity contribution in [3.05, 3.63) is 71.9 Å². The lowest BCUT2D eigenvalue weighted by molar-refractivity contribution is -0.136. The summed E-state index contributed by atoms with van der Waals surface area (Å²) in [6, 6.07) is 13.5. The number of anilines is 2. The van der Waals surface area contributed by atoms with Gasteiger partial charge in [0.05, 0.1) is 28.9 Å². The summed E-state index contributed by atoms with van der Waals surface area (Å²) in [5.41, 5.74) is -0.167. The van der Waals surface area contributed by atoms with Gasteiger partial charge < -0.3 is 15.0 Å². The van der Waals surface area contributed by atoms with Gasteiger partial charge in [-0.3, -0.25) is 4.90 Å². The van der Waals surface area contributed by atoms with E-state index in [1.807, 2.05) is 30.0 Å². The number of hydrogen-bond acceptors (Lipinski definition) is 5. The number of rotatable bonds is 4. The van der Waals surface area contributed by atoms with E-state index in [4.69, 9.17) is 4.74 Å². The summed E-state index contributed by atoms with van der Waals surface area (Å²) in [5.74, 6) is 1.16. The van der Waals surface area contributed by atoms with Crippen molar-refractivity contribution >= 4 is 28.4 Å². The van der Waals surface area contributed by atoms with Crippen LogP contribution in [0.3, 0.4) is 0 Å². The van der Waals surface area contributed by atoms with Crippen LogP contribution < -0.4 is 15.0 Å². The van der Waals surface area contributed by atoms with Crippen molar-refractivity contribution in [1.29, 1.82) is 5.26 Å². The van der Waals surface area contributed by atoms with E-state index in [0.29, 0.717) is 42.3 Å².